The highest BCUT2D eigenvalue weighted by atomic mass is 35.5. The summed E-state index contributed by atoms with van der Waals surface area (Å²) < 4.78 is 42.3. The number of nitrogens with zero attached hydrogens (tertiary/aromatic N) is 1. The van der Waals surface area contributed by atoms with Crippen LogP contribution in [0.2, 0.25) is 5.15 Å². The summed E-state index contributed by atoms with van der Waals surface area (Å²) in [5.74, 6) is 0.486. The number of benzene rings is 1. The van der Waals surface area contributed by atoms with Crippen molar-refractivity contribution in [3.63, 3.8) is 0 Å². The van der Waals surface area contributed by atoms with Gasteiger partial charge in [0.25, 0.3) is 0 Å². The zero-order valence-corrected chi connectivity index (χ0v) is 9.66. The second kappa shape index (κ2) is 4.86. The minimum Gasteiger partial charge on any atom is -0.439 e. The molecule has 0 aliphatic carbocycles. The minimum atomic E-state index is -4.35. The van der Waals surface area contributed by atoms with Crippen LogP contribution in [0.25, 0.3) is 0 Å². The van der Waals surface area contributed by atoms with Crippen molar-refractivity contribution in [3.05, 3.63) is 53.2 Å². The lowest BCUT2D eigenvalue weighted by Gasteiger charge is -2.08. The van der Waals surface area contributed by atoms with Crippen molar-refractivity contribution in [1.82, 2.24) is 4.98 Å². The molecule has 1 aromatic carbocycles. The minimum absolute atomic E-state index is 0.224. The molecule has 0 unspecified atom stereocenters. The summed E-state index contributed by atoms with van der Waals surface area (Å²) in [6, 6.07) is 9.11. The van der Waals surface area contributed by atoms with Gasteiger partial charge in [-0.25, -0.2) is 4.98 Å². The second-order valence-corrected chi connectivity index (χ2v) is 3.81. The van der Waals surface area contributed by atoms with Crippen LogP contribution < -0.4 is 4.74 Å². The van der Waals surface area contributed by atoms with Crippen molar-refractivity contribution in [2.45, 2.75) is 6.18 Å². The quantitative estimate of drug-likeness (QED) is 0.749. The predicted octanol–water partition coefficient (Wildman–Crippen LogP) is 4.55. The molecule has 0 saturated heterocycles. The van der Waals surface area contributed by atoms with E-state index in [0.717, 1.165) is 12.1 Å². The Kier molecular flexibility index (Phi) is 3.43. The van der Waals surface area contributed by atoms with Crippen LogP contribution in [0, 0.1) is 0 Å². The molecule has 0 amide bonds. The van der Waals surface area contributed by atoms with Crippen LogP contribution in [0.1, 0.15) is 5.56 Å². The summed E-state index contributed by atoms with van der Waals surface area (Å²) in [5.41, 5.74) is -0.728. The topological polar surface area (TPSA) is 22.1 Å². The van der Waals surface area contributed by atoms with Crippen molar-refractivity contribution in [3.8, 4) is 11.6 Å². The van der Waals surface area contributed by atoms with E-state index in [1.54, 1.807) is 18.2 Å². The first kappa shape index (κ1) is 12.7. The van der Waals surface area contributed by atoms with Crippen molar-refractivity contribution >= 4 is 11.6 Å². The fourth-order valence-electron chi connectivity index (χ4n) is 1.28. The molecule has 0 atom stereocenters. The molecule has 6 heteroatoms. The highest BCUT2D eigenvalue weighted by Gasteiger charge is 2.30. The molecule has 94 valence electrons. The third-order valence-electron chi connectivity index (χ3n) is 2.09. The molecule has 2 nitrogen and oxygen atoms in total. The van der Waals surface area contributed by atoms with Gasteiger partial charge in [-0.2, -0.15) is 13.2 Å². The Bertz CT molecular complexity index is 540. The van der Waals surface area contributed by atoms with Gasteiger partial charge in [0, 0.05) is 6.07 Å². The lowest BCUT2D eigenvalue weighted by Crippen LogP contribution is -2.04. The molecule has 2 rings (SSSR count). The fraction of sp³-hybridized carbons (Fsp3) is 0.0833. The number of hydrogen-bond acceptors (Lipinski definition) is 2. The molecule has 0 fully saturated rings. The van der Waals surface area contributed by atoms with Crippen LogP contribution >= 0.6 is 11.6 Å². The molecule has 0 aliphatic heterocycles. The monoisotopic (exact) mass is 273 g/mol. The summed E-state index contributed by atoms with van der Waals surface area (Å²) in [6.45, 7) is 0. The lowest BCUT2D eigenvalue weighted by atomic mass is 10.2. The number of hydrogen-bond donors (Lipinski definition) is 0. The van der Waals surface area contributed by atoms with Gasteiger partial charge in [-0.05, 0) is 30.3 Å². The Hall–Kier alpha value is -1.75. The van der Waals surface area contributed by atoms with E-state index in [0.29, 0.717) is 0 Å². The van der Waals surface area contributed by atoms with E-state index < -0.39 is 11.7 Å². The fourth-order valence-corrected chi connectivity index (χ4v) is 1.44. The number of pyridine rings is 1. The van der Waals surface area contributed by atoms with Gasteiger partial charge >= 0.3 is 6.18 Å². The van der Waals surface area contributed by atoms with Gasteiger partial charge in [-0.1, -0.05) is 17.7 Å². The van der Waals surface area contributed by atoms with Crippen LogP contribution in [-0.4, -0.2) is 4.98 Å². The normalized spacial score (nSPS) is 11.3. The molecule has 0 aliphatic rings. The van der Waals surface area contributed by atoms with Gasteiger partial charge in [0.2, 0.25) is 5.88 Å². The van der Waals surface area contributed by atoms with Crippen molar-refractivity contribution < 1.29 is 17.9 Å². The summed E-state index contributed by atoms with van der Waals surface area (Å²) in [7, 11) is 0. The van der Waals surface area contributed by atoms with Crippen LogP contribution in [0.15, 0.2) is 42.5 Å². The zero-order chi connectivity index (χ0) is 13.2. The van der Waals surface area contributed by atoms with Crippen molar-refractivity contribution in [2.24, 2.45) is 0 Å². The molecule has 2 aromatic rings. The summed E-state index contributed by atoms with van der Waals surface area (Å²) >= 11 is 5.66. The Morgan fingerprint density at radius 2 is 1.67 bits per heavy atom. The Morgan fingerprint density at radius 3 is 2.22 bits per heavy atom. The SMILES string of the molecule is FC(F)(F)c1ccc(Oc2cccc(Cl)n2)cc1. The first-order valence-corrected chi connectivity index (χ1v) is 5.30. The zero-order valence-electron chi connectivity index (χ0n) is 8.91. The maximum atomic E-state index is 12.3. The predicted molar refractivity (Wildman–Crippen MR) is 60.8 cm³/mol. The molecular formula is C12H7ClF3NO. The number of ether oxygens (including phenoxy) is 1. The van der Waals surface area contributed by atoms with Crippen molar-refractivity contribution in [1.29, 1.82) is 0 Å². The van der Waals surface area contributed by atoms with Gasteiger partial charge in [-0.3, -0.25) is 0 Å². The Morgan fingerprint density at radius 1 is 1.00 bits per heavy atom. The molecule has 0 bridgehead atoms. The first-order valence-electron chi connectivity index (χ1n) is 4.93. The number of aromatic nitrogens is 1. The van der Waals surface area contributed by atoms with E-state index in [1.807, 2.05) is 0 Å². The molecular weight excluding hydrogens is 267 g/mol. The van der Waals surface area contributed by atoms with E-state index in [2.05, 4.69) is 4.98 Å². The third kappa shape index (κ3) is 3.13. The highest BCUT2D eigenvalue weighted by Crippen LogP contribution is 2.31. The molecule has 0 N–H and O–H groups in total. The largest absolute Gasteiger partial charge is 0.439 e. The van der Waals surface area contributed by atoms with E-state index in [9.17, 15) is 13.2 Å². The van der Waals surface area contributed by atoms with Crippen LogP contribution in [0.4, 0.5) is 13.2 Å². The Balaban J connectivity index is 2.16. The van der Waals surface area contributed by atoms with Crippen LogP contribution in [0.3, 0.4) is 0 Å². The van der Waals surface area contributed by atoms with Gasteiger partial charge in [0.15, 0.2) is 0 Å². The standard InChI is InChI=1S/C12H7ClF3NO/c13-10-2-1-3-11(17-10)18-9-6-4-8(5-7-9)12(14,15)16/h1-7H. The molecule has 1 heterocycles. The average Bonchev–Trinajstić information content (AvgIpc) is 2.28. The van der Waals surface area contributed by atoms with Gasteiger partial charge in [0.05, 0.1) is 5.56 Å². The molecule has 1 aromatic heterocycles. The lowest BCUT2D eigenvalue weighted by molar-refractivity contribution is -0.137. The van der Waals surface area contributed by atoms with E-state index in [1.165, 1.54) is 12.1 Å². The molecule has 0 radical (unpaired) electrons. The van der Waals surface area contributed by atoms with Gasteiger partial charge < -0.3 is 4.74 Å². The number of alkyl halides is 3. The number of rotatable bonds is 2. The maximum absolute atomic E-state index is 12.3. The highest BCUT2D eigenvalue weighted by molar-refractivity contribution is 6.29. The smallest absolute Gasteiger partial charge is 0.416 e. The van der Waals surface area contributed by atoms with Gasteiger partial charge in [-0.15, -0.1) is 0 Å². The maximum Gasteiger partial charge on any atom is 0.416 e. The summed E-state index contributed by atoms with van der Waals surface area (Å²) in [5, 5.41) is 0.249. The molecule has 0 saturated carbocycles. The summed E-state index contributed by atoms with van der Waals surface area (Å²) in [4.78, 5) is 3.86. The van der Waals surface area contributed by atoms with E-state index in [-0.39, 0.29) is 16.8 Å². The average molecular weight is 274 g/mol. The summed E-state index contributed by atoms with van der Waals surface area (Å²) in [6.07, 6.45) is -4.35. The van der Waals surface area contributed by atoms with Gasteiger partial charge in [0.1, 0.15) is 10.9 Å². The second-order valence-electron chi connectivity index (χ2n) is 3.42. The van der Waals surface area contributed by atoms with Crippen LogP contribution in [0.5, 0.6) is 11.6 Å². The first-order chi connectivity index (χ1) is 8.45. The molecule has 18 heavy (non-hydrogen) atoms. The Labute approximate surface area is 106 Å². The molecule has 0 spiro atoms. The number of halogens is 4. The third-order valence-corrected chi connectivity index (χ3v) is 2.30. The van der Waals surface area contributed by atoms with Crippen molar-refractivity contribution in [2.75, 3.05) is 0 Å². The van der Waals surface area contributed by atoms with E-state index in [4.69, 9.17) is 16.3 Å². The van der Waals surface area contributed by atoms with Crippen LogP contribution in [-0.2, 0) is 6.18 Å². The van der Waals surface area contributed by atoms with E-state index >= 15 is 0 Å².